The topological polar surface area (TPSA) is 71.6 Å². The number of anilines is 1. The Hall–Kier alpha value is -2.85. The molecular formula is C23H25F4N3O3. The molecule has 2 aromatic rings. The van der Waals surface area contributed by atoms with Crippen molar-refractivity contribution < 1.29 is 31.8 Å². The Morgan fingerprint density at radius 2 is 1.91 bits per heavy atom. The smallest absolute Gasteiger partial charge is 0.421 e. The molecule has 0 spiro atoms. The van der Waals surface area contributed by atoms with Gasteiger partial charge in [0.1, 0.15) is 11.6 Å². The summed E-state index contributed by atoms with van der Waals surface area (Å²) in [4.78, 5) is 12.5. The Kier molecular flexibility index (Phi) is 6.49. The maximum Gasteiger partial charge on any atom is 0.421 e. The van der Waals surface area contributed by atoms with Crippen molar-refractivity contribution in [3.8, 4) is 5.75 Å². The summed E-state index contributed by atoms with van der Waals surface area (Å²) in [6, 6.07) is 10.9. The summed E-state index contributed by atoms with van der Waals surface area (Å²) < 4.78 is 66.5. The first-order valence-corrected chi connectivity index (χ1v) is 10.7. The molecule has 6 nitrogen and oxygen atoms in total. The highest BCUT2D eigenvalue weighted by molar-refractivity contribution is 5.89. The van der Waals surface area contributed by atoms with Crippen molar-refractivity contribution in [2.75, 3.05) is 11.9 Å². The van der Waals surface area contributed by atoms with Crippen LogP contribution in [-0.2, 0) is 10.3 Å². The van der Waals surface area contributed by atoms with Gasteiger partial charge in [-0.2, -0.15) is 13.2 Å². The predicted octanol–water partition coefficient (Wildman–Crippen LogP) is 4.67. The van der Waals surface area contributed by atoms with Gasteiger partial charge in [-0.1, -0.05) is 18.2 Å². The number of benzene rings is 2. The monoisotopic (exact) mass is 467 g/mol. The van der Waals surface area contributed by atoms with E-state index in [0.717, 1.165) is 18.6 Å². The van der Waals surface area contributed by atoms with E-state index in [-0.39, 0.29) is 24.8 Å². The summed E-state index contributed by atoms with van der Waals surface area (Å²) in [5.74, 6) is -0.964. The average Bonchev–Trinajstić information content (AvgIpc) is 2.70. The zero-order valence-corrected chi connectivity index (χ0v) is 17.9. The summed E-state index contributed by atoms with van der Waals surface area (Å²) in [6.07, 6.45) is -4.63. The van der Waals surface area contributed by atoms with Crippen molar-refractivity contribution in [2.24, 2.45) is 0 Å². The van der Waals surface area contributed by atoms with Gasteiger partial charge in [0.2, 0.25) is 0 Å². The first-order chi connectivity index (χ1) is 15.7. The second kappa shape index (κ2) is 9.18. The maximum atomic E-state index is 14.0. The van der Waals surface area contributed by atoms with Crippen molar-refractivity contribution >= 4 is 11.7 Å². The molecule has 2 aliphatic heterocycles. The van der Waals surface area contributed by atoms with Gasteiger partial charge in [-0.3, -0.25) is 5.32 Å². The van der Waals surface area contributed by atoms with E-state index in [4.69, 9.17) is 9.47 Å². The fourth-order valence-electron chi connectivity index (χ4n) is 4.13. The van der Waals surface area contributed by atoms with E-state index in [1.54, 1.807) is 24.3 Å². The Bertz CT molecular complexity index is 983. The lowest BCUT2D eigenvalue weighted by molar-refractivity contribution is -0.334. The van der Waals surface area contributed by atoms with Crippen LogP contribution in [0.15, 0.2) is 48.5 Å². The van der Waals surface area contributed by atoms with Crippen LogP contribution in [0.25, 0.3) is 0 Å². The molecule has 4 rings (SSSR count). The van der Waals surface area contributed by atoms with Crippen LogP contribution in [0.3, 0.4) is 0 Å². The number of carbonyl (C=O) groups excluding carboxylic acids is 1. The SMILES string of the molecule is CC1CCC(NC(=O)Nc2ccccc2)C(Oc2ccc(F)cc2C2(C(F)(F)F)CCO2)N1. The Balaban J connectivity index is 1.55. The van der Waals surface area contributed by atoms with Crippen LogP contribution < -0.4 is 20.7 Å². The first kappa shape index (κ1) is 23.3. The first-order valence-electron chi connectivity index (χ1n) is 10.7. The molecule has 2 saturated heterocycles. The molecule has 3 N–H and O–H groups in total. The van der Waals surface area contributed by atoms with Gasteiger partial charge in [0.25, 0.3) is 0 Å². The van der Waals surface area contributed by atoms with Crippen LogP contribution in [-0.4, -0.2) is 37.1 Å². The third kappa shape index (κ3) is 4.91. The number of nitrogens with one attached hydrogen (secondary N) is 3. The van der Waals surface area contributed by atoms with Crippen molar-refractivity contribution in [3.63, 3.8) is 0 Å². The zero-order chi connectivity index (χ0) is 23.6. The van der Waals surface area contributed by atoms with E-state index in [2.05, 4.69) is 16.0 Å². The fourth-order valence-corrected chi connectivity index (χ4v) is 4.13. The molecule has 2 fully saturated rings. The van der Waals surface area contributed by atoms with E-state index in [1.165, 1.54) is 6.07 Å². The molecule has 4 atom stereocenters. The molecule has 2 aliphatic rings. The van der Waals surface area contributed by atoms with Gasteiger partial charge in [-0.05, 0) is 50.1 Å². The van der Waals surface area contributed by atoms with Crippen LogP contribution >= 0.6 is 0 Å². The number of para-hydroxylation sites is 1. The number of alkyl halides is 3. The predicted molar refractivity (Wildman–Crippen MR) is 113 cm³/mol. The Morgan fingerprint density at radius 1 is 1.18 bits per heavy atom. The van der Waals surface area contributed by atoms with Gasteiger partial charge in [-0.25, -0.2) is 9.18 Å². The number of hydrogen-bond donors (Lipinski definition) is 3. The molecule has 33 heavy (non-hydrogen) atoms. The summed E-state index contributed by atoms with van der Waals surface area (Å²) >= 11 is 0. The average molecular weight is 467 g/mol. The van der Waals surface area contributed by atoms with Crippen LogP contribution in [0, 0.1) is 5.82 Å². The van der Waals surface area contributed by atoms with Gasteiger partial charge >= 0.3 is 12.2 Å². The van der Waals surface area contributed by atoms with Gasteiger partial charge in [0.05, 0.1) is 12.6 Å². The minimum Gasteiger partial charge on any atom is -0.473 e. The van der Waals surface area contributed by atoms with E-state index in [1.807, 2.05) is 13.0 Å². The fraction of sp³-hybridized carbons (Fsp3) is 0.435. The van der Waals surface area contributed by atoms with E-state index < -0.39 is 41.5 Å². The number of piperidine rings is 1. The van der Waals surface area contributed by atoms with Gasteiger partial charge < -0.3 is 20.1 Å². The standard InChI is InChI=1S/C23H25F4N3O3/c1-14-7-9-18(30-21(31)29-16-5-3-2-4-6-16)20(28-14)33-19-10-8-15(24)13-17(19)22(11-12-32-22)23(25,26)27/h2-6,8,10,13-14,18,20,28H,7,9,11-12H2,1H3,(H2,29,30,31). The minimum atomic E-state index is -4.74. The highest BCUT2D eigenvalue weighted by atomic mass is 19.4. The Labute approximate surface area is 188 Å². The van der Waals surface area contributed by atoms with Crippen LogP contribution in [0.1, 0.15) is 31.7 Å². The molecule has 4 unspecified atom stereocenters. The third-order valence-corrected chi connectivity index (χ3v) is 5.96. The minimum absolute atomic E-state index is 0.00524. The number of urea groups is 1. The second-order valence-electron chi connectivity index (χ2n) is 8.32. The van der Waals surface area contributed by atoms with Gasteiger partial charge in [0, 0.05) is 23.7 Å². The molecule has 178 valence electrons. The third-order valence-electron chi connectivity index (χ3n) is 5.96. The van der Waals surface area contributed by atoms with Gasteiger partial charge in [0.15, 0.2) is 11.8 Å². The van der Waals surface area contributed by atoms with E-state index >= 15 is 0 Å². The molecule has 0 aliphatic carbocycles. The van der Waals surface area contributed by atoms with E-state index in [0.29, 0.717) is 12.1 Å². The van der Waals surface area contributed by atoms with Crippen molar-refractivity contribution in [1.82, 2.24) is 10.6 Å². The molecule has 0 radical (unpaired) electrons. The summed E-state index contributed by atoms with van der Waals surface area (Å²) in [7, 11) is 0. The molecule has 0 bridgehead atoms. The lowest BCUT2D eigenvalue weighted by Gasteiger charge is -2.44. The summed E-state index contributed by atoms with van der Waals surface area (Å²) in [5.41, 5.74) is -2.42. The van der Waals surface area contributed by atoms with Crippen LogP contribution in [0.2, 0.25) is 0 Å². The van der Waals surface area contributed by atoms with Crippen molar-refractivity contribution in [1.29, 1.82) is 0 Å². The number of hydrogen-bond acceptors (Lipinski definition) is 4. The van der Waals surface area contributed by atoms with Crippen LogP contribution in [0.4, 0.5) is 28.0 Å². The highest BCUT2D eigenvalue weighted by Crippen LogP contribution is 2.53. The lowest BCUT2D eigenvalue weighted by atomic mass is 9.85. The molecule has 0 saturated carbocycles. The number of rotatable bonds is 5. The highest BCUT2D eigenvalue weighted by Gasteiger charge is 2.62. The zero-order valence-electron chi connectivity index (χ0n) is 17.9. The molecular weight excluding hydrogens is 442 g/mol. The quantitative estimate of drug-likeness (QED) is 0.559. The van der Waals surface area contributed by atoms with Gasteiger partial charge in [-0.15, -0.1) is 0 Å². The van der Waals surface area contributed by atoms with E-state index in [9.17, 15) is 22.4 Å². The number of halogens is 4. The lowest BCUT2D eigenvalue weighted by Crippen LogP contribution is -2.59. The number of ether oxygens (including phenoxy) is 2. The molecule has 0 aromatic heterocycles. The van der Waals surface area contributed by atoms with Crippen molar-refractivity contribution in [3.05, 3.63) is 59.9 Å². The molecule has 2 heterocycles. The normalized spacial score (nSPS) is 27.4. The second-order valence-corrected chi connectivity index (χ2v) is 8.32. The summed E-state index contributed by atoms with van der Waals surface area (Å²) in [6.45, 7) is 1.83. The largest absolute Gasteiger partial charge is 0.473 e. The van der Waals surface area contributed by atoms with Crippen molar-refractivity contribution in [2.45, 2.75) is 56.3 Å². The molecule has 2 amide bonds. The molecule has 10 heteroatoms. The summed E-state index contributed by atoms with van der Waals surface area (Å²) in [5, 5.41) is 8.71. The number of carbonyl (C=O) groups is 1. The molecule has 2 aromatic carbocycles. The maximum absolute atomic E-state index is 14.0. The number of amides is 2. The Morgan fingerprint density at radius 3 is 2.55 bits per heavy atom. The van der Waals surface area contributed by atoms with Crippen LogP contribution in [0.5, 0.6) is 5.75 Å².